The predicted molar refractivity (Wildman–Crippen MR) is 111 cm³/mol. The Morgan fingerprint density at radius 3 is 2.58 bits per heavy atom. The molecule has 0 saturated heterocycles. The molecule has 0 heterocycles. The van der Waals surface area contributed by atoms with Gasteiger partial charge in [0.25, 0.3) is 0 Å². The van der Waals surface area contributed by atoms with E-state index in [0.717, 1.165) is 30.0 Å². The van der Waals surface area contributed by atoms with Crippen LogP contribution >= 0.6 is 11.6 Å². The maximum Gasteiger partial charge on any atom is 0.193 e. The van der Waals surface area contributed by atoms with Crippen LogP contribution < -0.4 is 11.1 Å². The van der Waals surface area contributed by atoms with Gasteiger partial charge in [0, 0.05) is 16.1 Å². The van der Waals surface area contributed by atoms with Gasteiger partial charge in [0.2, 0.25) is 0 Å². The number of nitrogens with one attached hydrogen (secondary N) is 1. The minimum absolute atomic E-state index is 0.0838. The van der Waals surface area contributed by atoms with Crippen LogP contribution in [-0.4, -0.2) is 12.0 Å². The minimum atomic E-state index is 0.0838. The quantitative estimate of drug-likeness (QED) is 0.509. The summed E-state index contributed by atoms with van der Waals surface area (Å²) in [6.07, 6.45) is 3.07. The molecule has 0 fully saturated rings. The number of nitrogens with zero attached hydrogens (tertiary/aromatic N) is 1. The zero-order chi connectivity index (χ0) is 18.1. The van der Waals surface area contributed by atoms with E-state index in [9.17, 15) is 0 Å². The molecule has 1 unspecified atom stereocenters. The maximum absolute atomic E-state index is 6.18. The number of benzene rings is 3. The highest BCUT2D eigenvalue weighted by atomic mass is 35.5. The molecule has 3 nitrogen and oxygen atoms in total. The van der Waals surface area contributed by atoms with Crippen LogP contribution in [0, 0.1) is 0 Å². The summed E-state index contributed by atoms with van der Waals surface area (Å²) < 4.78 is 0. The summed E-state index contributed by atoms with van der Waals surface area (Å²) >= 11 is 5.94. The number of hydrogen-bond donors (Lipinski definition) is 2. The molecule has 1 aliphatic rings. The van der Waals surface area contributed by atoms with Crippen LogP contribution in [0.1, 0.15) is 23.6 Å². The lowest BCUT2D eigenvalue weighted by Crippen LogP contribution is -2.25. The van der Waals surface area contributed by atoms with Crippen LogP contribution in [0.15, 0.2) is 59.6 Å². The Hall–Kier alpha value is -2.52. The van der Waals surface area contributed by atoms with E-state index in [2.05, 4.69) is 47.6 Å². The van der Waals surface area contributed by atoms with Gasteiger partial charge in [-0.05, 0) is 66.5 Å². The highest BCUT2D eigenvalue weighted by Crippen LogP contribution is 2.34. The summed E-state index contributed by atoms with van der Waals surface area (Å²) in [4.78, 5) is 4.61. The van der Waals surface area contributed by atoms with E-state index in [4.69, 9.17) is 17.3 Å². The largest absolute Gasteiger partial charge is 0.370 e. The van der Waals surface area contributed by atoms with Crippen molar-refractivity contribution in [1.29, 1.82) is 0 Å². The Kier molecular flexibility index (Phi) is 4.56. The molecule has 4 rings (SSSR count). The number of rotatable bonds is 4. The van der Waals surface area contributed by atoms with Crippen molar-refractivity contribution < 1.29 is 0 Å². The molecular weight excluding hydrogens is 342 g/mol. The molecule has 3 N–H and O–H groups in total. The van der Waals surface area contributed by atoms with Gasteiger partial charge in [-0.1, -0.05) is 48.0 Å². The Labute approximate surface area is 158 Å². The molecule has 0 radical (unpaired) electrons. The van der Waals surface area contributed by atoms with E-state index < -0.39 is 0 Å². The third kappa shape index (κ3) is 3.40. The van der Waals surface area contributed by atoms with E-state index in [0.29, 0.717) is 5.96 Å². The van der Waals surface area contributed by atoms with Crippen LogP contribution in [0.25, 0.3) is 10.8 Å². The molecule has 1 atom stereocenters. The Morgan fingerprint density at radius 1 is 1.08 bits per heavy atom. The number of anilines is 1. The zero-order valence-electron chi connectivity index (χ0n) is 14.8. The molecule has 1 aliphatic carbocycles. The first-order valence-corrected chi connectivity index (χ1v) is 9.36. The van der Waals surface area contributed by atoms with Crippen molar-refractivity contribution in [3.05, 3.63) is 76.3 Å². The summed E-state index contributed by atoms with van der Waals surface area (Å²) in [6, 6.07) is 18.7. The zero-order valence-corrected chi connectivity index (χ0v) is 15.6. The van der Waals surface area contributed by atoms with Crippen molar-refractivity contribution in [2.24, 2.45) is 10.7 Å². The van der Waals surface area contributed by atoms with Crippen molar-refractivity contribution in [3.63, 3.8) is 0 Å². The SMILES string of the molecule is CC(Cc1ccc(Cl)cc1)N=C(N)Nc1ccc2c3c(cccc13)CC2. The summed E-state index contributed by atoms with van der Waals surface area (Å²) in [5.74, 6) is 0.449. The molecule has 0 saturated carbocycles. The van der Waals surface area contributed by atoms with Crippen molar-refractivity contribution in [3.8, 4) is 0 Å². The monoisotopic (exact) mass is 363 g/mol. The third-order valence-corrected chi connectivity index (χ3v) is 5.20. The minimum Gasteiger partial charge on any atom is -0.370 e. The first-order chi connectivity index (χ1) is 12.6. The summed E-state index contributed by atoms with van der Waals surface area (Å²) in [6.45, 7) is 2.07. The Balaban J connectivity index is 1.53. The first kappa shape index (κ1) is 16.9. The van der Waals surface area contributed by atoms with E-state index in [1.54, 1.807) is 0 Å². The molecule has 0 amide bonds. The average Bonchev–Trinajstić information content (AvgIpc) is 3.04. The standard InChI is InChI=1S/C22H22ClN3/c1-14(13-15-5-10-18(23)11-6-15)25-22(24)26-20-12-9-17-8-7-16-3-2-4-19(20)21(16)17/h2-6,9-12,14H,7-8,13H2,1H3,(H3,24,25,26). The molecule has 0 bridgehead atoms. The van der Waals surface area contributed by atoms with Crippen LogP contribution in [-0.2, 0) is 19.3 Å². The fraction of sp³-hybridized carbons (Fsp3) is 0.227. The van der Waals surface area contributed by atoms with Crippen LogP contribution in [0.2, 0.25) is 5.02 Å². The molecule has 0 aliphatic heterocycles. The molecule has 3 aromatic rings. The third-order valence-electron chi connectivity index (χ3n) is 4.94. The average molecular weight is 364 g/mol. The van der Waals surface area contributed by atoms with Crippen molar-refractivity contribution in [1.82, 2.24) is 0 Å². The highest BCUT2D eigenvalue weighted by Gasteiger charge is 2.16. The Bertz CT molecular complexity index is 966. The normalized spacial score (nSPS) is 14.6. The number of halogens is 1. The van der Waals surface area contributed by atoms with Gasteiger partial charge in [0.15, 0.2) is 5.96 Å². The number of hydrogen-bond acceptors (Lipinski definition) is 1. The fourth-order valence-electron chi connectivity index (χ4n) is 3.77. The number of aryl methyl sites for hydroxylation is 2. The second-order valence-electron chi connectivity index (χ2n) is 6.93. The van der Waals surface area contributed by atoms with Gasteiger partial charge in [0.05, 0.1) is 6.04 Å². The van der Waals surface area contributed by atoms with Gasteiger partial charge in [-0.2, -0.15) is 0 Å². The van der Waals surface area contributed by atoms with Crippen LogP contribution in [0.5, 0.6) is 0 Å². The van der Waals surface area contributed by atoms with Crippen LogP contribution in [0.3, 0.4) is 0 Å². The lowest BCUT2D eigenvalue weighted by molar-refractivity contribution is 0.739. The highest BCUT2D eigenvalue weighted by molar-refractivity contribution is 6.30. The lowest BCUT2D eigenvalue weighted by Gasteiger charge is -2.13. The second kappa shape index (κ2) is 7.00. The van der Waals surface area contributed by atoms with E-state index >= 15 is 0 Å². The van der Waals surface area contributed by atoms with Gasteiger partial charge in [-0.3, -0.25) is 0 Å². The van der Waals surface area contributed by atoms with Gasteiger partial charge in [-0.25, -0.2) is 4.99 Å². The van der Waals surface area contributed by atoms with Gasteiger partial charge in [-0.15, -0.1) is 0 Å². The van der Waals surface area contributed by atoms with E-state index in [1.165, 1.54) is 27.5 Å². The molecule has 26 heavy (non-hydrogen) atoms. The second-order valence-corrected chi connectivity index (χ2v) is 7.37. The summed E-state index contributed by atoms with van der Waals surface area (Å²) in [5.41, 5.74) is 11.3. The molecule has 3 aromatic carbocycles. The topological polar surface area (TPSA) is 50.4 Å². The smallest absolute Gasteiger partial charge is 0.193 e. The molecule has 132 valence electrons. The fourth-order valence-corrected chi connectivity index (χ4v) is 3.90. The molecule has 0 spiro atoms. The summed E-state index contributed by atoms with van der Waals surface area (Å²) in [5, 5.41) is 6.65. The van der Waals surface area contributed by atoms with E-state index in [-0.39, 0.29) is 6.04 Å². The molecular formula is C22H22ClN3. The van der Waals surface area contributed by atoms with Gasteiger partial charge < -0.3 is 11.1 Å². The Morgan fingerprint density at radius 2 is 1.81 bits per heavy atom. The number of aliphatic imine (C=N–C) groups is 1. The van der Waals surface area contributed by atoms with Crippen LogP contribution in [0.4, 0.5) is 5.69 Å². The van der Waals surface area contributed by atoms with Crippen molar-refractivity contribution in [2.45, 2.75) is 32.2 Å². The van der Waals surface area contributed by atoms with Crippen molar-refractivity contribution in [2.75, 3.05) is 5.32 Å². The number of guanidine groups is 1. The first-order valence-electron chi connectivity index (χ1n) is 8.98. The lowest BCUT2D eigenvalue weighted by atomic mass is 10.0. The van der Waals surface area contributed by atoms with Gasteiger partial charge >= 0.3 is 0 Å². The van der Waals surface area contributed by atoms with Crippen molar-refractivity contribution >= 4 is 34.0 Å². The number of nitrogens with two attached hydrogens (primary N) is 1. The molecule has 4 heteroatoms. The van der Waals surface area contributed by atoms with Gasteiger partial charge in [0.1, 0.15) is 0 Å². The summed E-state index contributed by atoms with van der Waals surface area (Å²) in [7, 11) is 0. The van der Waals surface area contributed by atoms with E-state index in [1.807, 2.05) is 24.3 Å². The maximum atomic E-state index is 6.18. The predicted octanol–water partition coefficient (Wildman–Crippen LogP) is 4.95. The molecule has 0 aromatic heterocycles.